The van der Waals surface area contributed by atoms with Gasteiger partial charge in [0.25, 0.3) is 0 Å². The maximum absolute atomic E-state index is 12.1. The molecule has 0 bridgehead atoms. The number of nitrogens with zero attached hydrogens (tertiary/aromatic N) is 2. The lowest BCUT2D eigenvalue weighted by Crippen LogP contribution is -2.38. The van der Waals surface area contributed by atoms with Crippen molar-refractivity contribution >= 4 is 11.6 Å². The van der Waals surface area contributed by atoms with E-state index in [-0.39, 0.29) is 24.6 Å². The van der Waals surface area contributed by atoms with Crippen molar-refractivity contribution in [2.24, 2.45) is 0 Å². The number of anilines is 1. The molecule has 1 aromatic carbocycles. The molecule has 6 nitrogen and oxygen atoms in total. The quantitative estimate of drug-likeness (QED) is 0.819. The standard InChI is InChI=1S/C17H27N3O3/c1-12(2)23-14-7-5-13(6-8-14)18-17(22)11-20-9-15(19(3)4)16(21)10-20/h5-8,12,15-16,21H,9-11H2,1-4H3,(H,18,22)/t15-,16-/m1/s1. The first-order chi connectivity index (χ1) is 10.8. The van der Waals surface area contributed by atoms with E-state index in [4.69, 9.17) is 4.74 Å². The van der Waals surface area contributed by atoms with Crippen molar-refractivity contribution in [1.29, 1.82) is 0 Å². The van der Waals surface area contributed by atoms with E-state index in [1.54, 1.807) is 0 Å². The fourth-order valence-corrected chi connectivity index (χ4v) is 2.78. The highest BCUT2D eigenvalue weighted by Crippen LogP contribution is 2.18. The second-order valence-corrected chi connectivity index (χ2v) is 6.53. The van der Waals surface area contributed by atoms with Crippen LogP contribution in [-0.2, 0) is 4.79 Å². The zero-order valence-electron chi connectivity index (χ0n) is 14.3. The number of aliphatic hydroxyl groups excluding tert-OH is 1. The predicted octanol–water partition coefficient (Wildman–Crippen LogP) is 1.02. The molecule has 23 heavy (non-hydrogen) atoms. The molecule has 128 valence electrons. The Morgan fingerprint density at radius 1 is 1.35 bits per heavy atom. The van der Waals surface area contributed by atoms with Gasteiger partial charge in [0.2, 0.25) is 5.91 Å². The third kappa shape index (κ3) is 5.20. The molecule has 0 radical (unpaired) electrons. The van der Waals surface area contributed by atoms with Crippen LogP contribution in [0.25, 0.3) is 0 Å². The summed E-state index contributed by atoms with van der Waals surface area (Å²) in [6.07, 6.45) is -0.285. The van der Waals surface area contributed by atoms with Gasteiger partial charge in [-0.3, -0.25) is 9.69 Å². The molecular formula is C17H27N3O3. The minimum absolute atomic E-state index is 0.0749. The Morgan fingerprint density at radius 2 is 2.00 bits per heavy atom. The van der Waals surface area contributed by atoms with Gasteiger partial charge in [0.05, 0.1) is 18.8 Å². The van der Waals surface area contributed by atoms with E-state index in [0.717, 1.165) is 11.4 Å². The number of rotatable bonds is 6. The summed E-state index contributed by atoms with van der Waals surface area (Å²) >= 11 is 0. The molecule has 1 fully saturated rings. The van der Waals surface area contributed by atoms with Crippen LogP contribution in [0.4, 0.5) is 5.69 Å². The summed E-state index contributed by atoms with van der Waals surface area (Å²) in [5.41, 5.74) is 0.745. The lowest BCUT2D eigenvalue weighted by molar-refractivity contribution is -0.117. The molecule has 1 aliphatic heterocycles. The van der Waals surface area contributed by atoms with E-state index < -0.39 is 6.10 Å². The smallest absolute Gasteiger partial charge is 0.238 e. The molecule has 2 N–H and O–H groups in total. The monoisotopic (exact) mass is 321 g/mol. The molecule has 0 aromatic heterocycles. The number of β-amino-alcohol motifs (C(OH)–C–C–N with tert-alkyl or cyclic N) is 1. The number of amides is 1. The minimum Gasteiger partial charge on any atom is -0.491 e. The third-order valence-electron chi connectivity index (χ3n) is 3.88. The molecule has 1 heterocycles. The Bertz CT molecular complexity index is 516. The normalized spacial score (nSPS) is 21.9. The number of carbonyl (C=O) groups excluding carboxylic acids is 1. The van der Waals surface area contributed by atoms with Crippen molar-refractivity contribution in [1.82, 2.24) is 9.80 Å². The first-order valence-electron chi connectivity index (χ1n) is 7.98. The molecule has 6 heteroatoms. The van der Waals surface area contributed by atoms with Crippen LogP contribution in [0.15, 0.2) is 24.3 Å². The van der Waals surface area contributed by atoms with Gasteiger partial charge in [-0.1, -0.05) is 0 Å². The second kappa shape index (κ2) is 7.77. The summed E-state index contributed by atoms with van der Waals surface area (Å²) < 4.78 is 5.57. The van der Waals surface area contributed by atoms with E-state index in [2.05, 4.69) is 5.32 Å². The largest absolute Gasteiger partial charge is 0.491 e. The van der Waals surface area contributed by atoms with Gasteiger partial charge in [-0.25, -0.2) is 0 Å². The van der Waals surface area contributed by atoms with Crippen LogP contribution in [0.2, 0.25) is 0 Å². The molecule has 2 rings (SSSR count). The third-order valence-corrected chi connectivity index (χ3v) is 3.88. The molecule has 0 spiro atoms. The van der Waals surface area contributed by atoms with E-state index in [1.165, 1.54) is 0 Å². The zero-order valence-corrected chi connectivity index (χ0v) is 14.3. The SMILES string of the molecule is CC(C)Oc1ccc(NC(=O)CN2C[C@@H](O)[C@H](N(C)C)C2)cc1. The number of nitrogens with one attached hydrogen (secondary N) is 1. The summed E-state index contributed by atoms with van der Waals surface area (Å²) in [6, 6.07) is 7.43. The molecule has 0 saturated carbocycles. The molecule has 1 aliphatic rings. The number of likely N-dealkylation sites (tertiary alicyclic amines) is 1. The highest BCUT2D eigenvalue weighted by atomic mass is 16.5. The van der Waals surface area contributed by atoms with E-state index in [0.29, 0.717) is 13.1 Å². The zero-order chi connectivity index (χ0) is 17.0. The van der Waals surface area contributed by atoms with Crippen molar-refractivity contribution in [2.45, 2.75) is 32.1 Å². The number of hydrogen-bond acceptors (Lipinski definition) is 5. The van der Waals surface area contributed by atoms with Crippen LogP contribution >= 0.6 is 0 Å². The van der Waals surface area contributed by atoms with Crippen molar-refractivity contribution in [3.05, 3.63) is 24.3 Å². The number of aliphatic hydroxyl groups is 1. The molecule has 1 saturated heterocycles. The van der Waals surface area contributed by atoms with Gasteiger partial charge in [-0.05, 0) is 52.2 Å². The number of likely N-dealkylation sites (N-methyl/N-ethyl adjacent to an activating group) is 1. The predicted molar refractivity (Wildman–Crippen MR) is 90.8 cm³/mol. The Morgan fingerprint density at radius 3 is 2.52 bits per heavy atom. The van der Waals surface area contributed by atoms with E-state index >= 15 is 0 Å². The first kappa shape index (κ1) is 17.7. The lowest BCUT2D eigenvalue weighted by Gasteiger charge is -2.21. The summed E-state index contributed by atoms with van der Waals surface area (Å²) in [4.78, 5) is 16.1. The van der Waals surface area contributed by atoms with Crippen LogP contribution in [0.1, 0.15) is 13.8 Å². The number of carbonyl (C=O) groups is 1. The lowest BCUT2D eigenvalue weighted by atomic mass is 10.2. The Labute approximate surface area is 138 Å². The highest BCUT2D eigenvalue weighted by Gasteiger charge is 2.33. The molecule has 0 aliphatic carbocycles. The summed E-state index contributed by atoms with van der Waals surface area (Å²) in [6.45, 7) is 5.45. The average Bonchev–Trinajstić information content (AvgIpc) is 2.81. The Kier molecular flexibility index (Phi) is 5.98. The van der Waals surface area contributed by atoms with Crippen LogP contribution < -0.4 is 10.1 Å². The van der Waals surface area contributed by atoms with Gasteiger partial charge in [0.15, 0.2) is 0 Å². The fraction of sp³-hybridized carbons (Fsp3) is 0.588. The molecule has 1 aromatic rings. The van der Waals surface area contributed by atoms with Crippen LogP contribution in [0, 0.1) is 0 Å². The van der Waals surface area contributed by atoms with Gasteiger partial charge in [0.1, 0.15) is 5.75 Å². The van der Waals surface area contributed by atoms with Crippen LogP contribution in [-0.4, -0.2) is 72.8 Å². The first-order valence-corrected chi connectivity index (χ1v) is 7.98. The van der Waals surface area contributed by atoms with Crippen molar-refractivity contribution < 1.29 is 14.6 Å². The maximum atomic E-state index is 12.1. The molecule has 0 unspecified atom stereocenters. The van der Waals surface area contributed by atoms with Crippen molar-refractivity contribution in [3.8, 4) is 5.75 Å². The van der Waals surface area contributed by atoms with Gasteiger partial charge in [-0.2, -0.15) is 0 Å². The molecule has 2 atom stereocenters. The Balaban J connectivity index is 1.83. The van der Waals surface area contributed by atoms with Gasteiger partial charge >= 0.3 is 0 Å². The number of benzene rings is 1. The second-order valence-electron chi connectivity index (χ2n) is 6.53. The van der Waals surface area contributed by atoms with Crippen molar-refractivity contribution in [3.63, 3.8) is 0 Å². The maximum Gasteiger partial charge on any atom is 0.238 e. The van der Waals surface area contributed by atoms with E-state index in [9.17, 15) is 9.90 Å². The number of ether oxygens (including phenoxy) is 1. The summed E-state index contributed by atoms with van der Waals surface area (Å²) in [7, 11) is 3.89. The summed E-state index contributed by atoms with van der Waals surface area (Å²) in [5, 5.41) is 12.9. The topological polar surface area (TPSA) is 65.0 Å². The van der Waals surface area contributed by atoms with E-state index in [1.807, 2.05) is 62.0 Å². The van der Waals surface area contributed by atoms with Crippen LogP contribution in [0.3, 0.4) is 0 Å². The van der Waals surface area contributed by atoms with Crippen LogP contribution in [0.5, 0.6) is 5.75 Å². The van der Waals surface area contributed by atoms with Gasteiger partial charge in [-0.15, -0.1) is 0 Å². The minimum atomic E-state index is -0.412. The van der Waals surface area contributed by atoms with Gasteiger partial charge in [0, 0.05) is 24.8 Å². The Hall–Kier alpha value is -1.63. The highest BCUT2D eigenvalue weighted by molar-refractivity contribution is 5.92. The van der Waals surface area contributed by atoms with Gasteiger partial charge < -0.3 is 20.1 Å². The fourth-order valence-electron chi connectivity index (χ4n) is 2.78. The molecular weight excluding hydrogens is 294 g/mol. The summed E-state index contributed by atoms with van der Waals surface area (Å²) in [5.74, 6) is 0.712. The average molecular weight is 321 g/mol. The number of hydrogen-bond donors (Lipinski definition) is 2. The van der Waals surface area contributed by atoms with Crippen molar-refractivity contribution in [2.75, 3.05) is 39.0 Å². The molecule has 1 amide bonds.